The highest BCUT2D eigenvalue weighted by Crippen LogP contribution is 2.39. The van der Waals surface area contributed by atoms with Crippen LogP contribution in [0.4, 0.5) is 32.1 Å². The van der Waals surface area contributed by atoms with Gasteiger partial charge < -0.3 is 29.6 Å². The van der Waals surface area contributed by atoms with E-state index in [1.165, 1.54) is 6.07 Å². The highest BCUT2D eigenvalue weighted by Gasteiger charge is 2.25. The molecule has 9 nitrogen and oxygen atoms in total. The molecule has 3 heterocycles. The van der Waals surface area contributed by atoms with Crippen LogP contribution in [0, 0.1) is 11.6 Å². The Kier molecular flexibility index (Phi) is 6.79. The van der Waals surface area contributed by atoms with E-state index in [0.717, 1.165) is 12.7 Å². The number of fused-ring (bicyclic) bond motifs is 2. The lowest BCUT2D eigenvalue weighted by Crippen LogP contribution is -2.38. The predicted molar refractivity (Wildman–Crippen MR) is 140 cm³/mol. The molecule has 5 rings (SSSR count). The van der Waals surface area contributed by atoms with Gasteiger partial charge in [0.2, 0.25) is 5.95 Å². The number of likely N-dealkylation sites (N-methyl/N-ethyl adjacent to an activating group) is 1. The fourth-order valence-electron chi connectivity index (χ4n) is 4.20. The number of oxazole rings is 1. The van der Waals surface area contributed by atoms with Crippen LogP contribution in [0.3, 0.4) is 0 Å². The maximum absolute atomic E-state index is 14.9. The number of nitrogens with one attached hydrogen (secondary N) is 2. The number of hydrogen-bond donors (Lipinski definition) is 2. The van der Waals surface area contributed by atoms with Gasteiger partial charge in [0.15, 0.2) is 23.0 Å². The average Bonchev–Trinajstić information content (AvgIpc) is 3.26. The minimum atomic E-state index is -0.655. The third-order valence-corrected chi connectivity index (χ3v) is 6.03. The Bertz CT molecular complexity index is 1420. The normalized spacial score (nSPS) is 13.2. The van der Waals surface area contributed by atoms with Crippen LogP contribution in [0.5, 0.6) is 5.75 Å². The molecule has 4 aromatic rings. The summed E-state index contributed by atoms with van der Waals surface area (Å²) in [6, 6.07) is 8.87. The molecule has 0 saturated carbocycles. The topological polar surface area (TPSA) is 91.6 Å². The monoisotopic (exact) mass is 509 g/mol. The minimum absolute atomic E-state index is 0.0108. The SMILES string of the molecule is CC(C)N1CCOc2c(F)cc(-c3nc(Nc4ccc5oc(NCCN(C)C)nc5c4)ncc3F)cc21. The summed E-state index contributed by atoms with van der Waals surface area (Å²) in [4.78, 5) is 17.0. The molecule has 0 fully saturated rings. The van der Waals surface area contributed by atoms with Crippen molar-refractivity contribution in [2.24, 2.45) is 0 Å². The lowest BCUT2D eigenvalue weighted by molar-refractivity contribution is 0.287. The van der Waals surface area contributed by atoms with Crippen LogP contribution in [0.2, 0.25) is 0 Å². The first kappa shape index (κ1) is 24.7. The summed E-state index contributed by atoms with van der Waals surface area (Å²) in [5.74, 6) is -0.873. The fraction of sp³-hybridized carbons (Fsp3) is 0.346. The number of nitrogens with zero attached hydrogens (tertiary/aromatic N) is 5. The van der Waals surface area contributed by atoms with E-state index in [1.54, 1.807) is 24.3 Å². The van der Waals surface area contributed by atoms with E-state index in [2.05, 4.69) is 30.5 Å². The molecule has 0 unspecified atom stereocenters. The first-order valence-electron chi connectivity index (χ1n) is 12.1. The molecule has 0 saturated heterocycles. The van der Waals surface area contributed by atoms with Crippen molar-refractivity contribution in [1.82, 2.24) is 19.9 Å². The van der Waals surface area contributed by atoms with Gasteiger partial charge in [0.25, 0.3) is 6.01 Å². The third kappa shape index (κ3) is 5.26. The second kappa shape index (κ2) is 10.2. The molecule has 0 radical (unpaired) electrons. The number of halogens is 2. The lowest BCUT2D eigenvalue weighted by Gasteiger charge is -2.34. The number of rotatable bonds is 8. The van der Waals surface area contributed by atoms with E-state index in [9.17, 15) is 8.78 Å². The summed E-state index contributed by atoms with van der Waals surface area (Å²) >= 11 is 0. The lowest BCUT2D eigenvalue weighted by atomic mass is 10.1. The van der Waals surface area contributed by atoms with Crippen LogP contribution in [-0.4, -0.2) is 66.2 Å². The van der Waals surface area contributed by atoms with Crippen LogP contribution in [-0.2, 0) is 0 Å². The highest BCUT2D eigenvalue weighted by molar-refractivity contribution is 5.80. The predicted octanol–water partition coefficient (Wildman–Crippen LogP) is 4.89. The van der Waals surface area contributed by atoms with Crippen LogP contribution in [0.15, 0.2) is 40.9 Å². The summed E-state index contributed by atoms with van der Waals surface area (Å²) in [6.45, 7) is 6.57. The van der Waals surface area contributed by atoms with Gasteiger partial charge in [-0.15, -0.1) is 0 Å². The number of anilines is 4. The minimum Gasteiger partial charge on any atom is -0.486 e. The summed E-state index contributed by atoms with van der Waals surface area (Å²) in [5.41, 5.74) is 2.79. The smallest absolute Gasteiger partial charge is 0.295 e. The Morgan fingerprint density at radius 1 is 1.11 bits per heavy atom. The number of benzene rings is 2. The molecule has 0 amide bonds. The fourth-order valence-corrected chi connectivity index (χ4v) is 4.20. The Labute approximate surface area is 213 Å². The number of hydrogen-bond acceptors (Lipinski definition) is 9. The Morgan fingerprint density at radius 3 is 2.73 bits per heavy atom. The van der Waals surface area contributed by atoms with Crippen molar-refractivity contribution in [3.63, 3.8) is 0 Å². The van der Waals surface area contributed by atoms with Crippen molar-refractivity contribution in [2.75, 3.05) is 55.9 Å². The van der Waals surface area contributed by atoms with Crippen LogP contribution >= 0.6 is 0 Å². The number of aromatic nitrogens is 3. The maximum Gasteiger partial charge on any atom is 0.295 e. The molecule has 0 spiro atoms. The molecule has 11 heteroatoms. The zero-order valence-corrected chi connectivity index (χ0v) is 21.2. The van der Waals surface area contributed by atoms with Gasteiger partial charge in [-0.2, -0.15) is 4.98 Å². The standard InChI is InChI=1S/C26H29F2N7O2/c1-15(2)35-9-10-36-24-18(27)11-16(12-21(24)35)23-19(28)14-30-25(33-23)31-17-5-6-22-20(13-17)32-26(37-22)29-7-8-34(3)4/h5-6,11-15H,7-10H2,1-4H3,(H,29,32)(H,30,31,33). The molecule has 0 atom stereocenters. The van der Waals surface area contributed by atoms with Crippen molar-refractivity contribution in [1.29, 1.82) is 0 Å². The Hall–Kier alpha value is -3.99. The van der Waals surface area contributed by atoms with Crippen molar-refractivity contribution in [3.8, 4) is 17.0 Å². The third-order valence-electron chi connectivity index (χ3n) is 6.03. The first-order chi connectivity index (χ1) is 17.8. The van der Waals surface area contributed by atoms with E-state index in [0.29, 0.717) is 53.7 Å². The van der Waals surface area contributed by atoms with Gasteiger partial charge in [-0.05, 0) is 58.3 Å². The largest absolute Gasteiger partial charge is 0.486 e. The zero-order chi connectivity index (χ0) is 26.1. The van der Waals surface area contributed by atoms with Crippen molar-refractivity contribution >= 4 is 34.4 Å². The molecule has 194 valence electrons. The summed E-state index contributed by atoms with van der Waals surface area (Å²) in [7, 11) is 3.98. The molecular formula is C26H29F2N7O2. The quantitative estimate of drug-likeness (QED) is 0.345. The van der Waals surface area contributed by atoms with Crippen molar-refractivity contribution in [2.45, 2.75) is 19.9 Å². The van der Waals surface area contributed by atoms with Crippen molar-refractivity contribution < 1.29 is 17.9 Å². The van der Waals surface area contributed by atoms with Gasteiger partial charge in [0.1, 0.15) is 17.8 Å². The number of ether oxygens (including phenoxy) is 1. The van der Waals surface area contributed by atoms with E-state index in [-0.39, 0.29) is 23.4 Å². The second-order valence-electron chi connectivity index (χ2n) is 9.39. The maximum atomic E-state index is 14.9. The van der Waals surface area contributed by atoms with Gasteiger partial charge in [-0.3, -0.25) is 0 Å². The molecule has 2 aromatic carbocycles. The molecule has 2 aromatic heterocycles. The molecule has 0 aliphatic carbocycles. The van der Waals surface area contributed by atoms with Gasteiger partial charge in [-0.25, -0.2) is 18.7 Å². The van der Waals surface area contributed by atoms with Crippen molar-refractivity contribution in [3.05, 3.63) is 48.2 Å². The molecule has 1 aliphatic heterocycles. The first-order valence-corrected chi connectivity index (χ1v) is 12.1. The molecule has 0 bridgehead atoms. The van der Waals surface area contributed by atoms with E-state index >= 15 is 0 Å². The highest BCUT2D eigenvalue weighted by atomic mass is 19.1. The average molecular weight is 510 g/mol. The van der Waals surface area contributed by atoms with Gasteiger partial charge in [-0.1, -0.05) is 0 Å². The van der Waals surface area contributed by atoms with Crippen LogP contribution in [0.1, 0.15) is 13.8 Å². The van der Waals surface area contributed by atoms with E-state index in [1.807, 2.05) is 32.8 Å². The van der Waals surface area contributed by atoms with Gasteiger partial charge >= 0.3 is 0 Å². The van der Waals surface area contributed by atoms with Crippen LogP contribution < -0.4 is 20.3 Å². The van der Waals surface area contributed by atoms with Gasteiger partial charge in [0, 0.05) is 30.4 Å². The molecule has 1 aliphatic rings. The van der Waals surface area contributed by atoms with E-state index in [4.69, 9.17) is 9.15 Å². The summed E-state index contributed by atoms with van der Waals surface area (Å²) < 4.78 is 41.1. The Balaban J connectivity index is 1.41. The van der Waals surface area contributed by atoms with E-state index < -0.39 is 11.6 Å². The second-order valence-corrected chi connectivity index (χ2v) is 9.39. The summed E-state index contributed by atoms with van der Waals surface area (Å²) in [6.07, 6.45) is 1.07. The molecular weight excluding hydrogens is 480 g/mol. The summed E-state index contributed by atoms with van der Waals surface area (Å²) in [5, 5.41) is 6.23. The van der Waals surface area contributed by atoms with Gasteiger partial charge in [0.05, 0.1) is 18.4 Å². The molecule has 37 heavy (non-hydrogen) atoms. The molecule has 2 N–H and O–H groups in total. The Morgan fingerprint density at radius 2 is 1.95 bits per heavy atom. The zero-order valence-electron chi connectivity index (χ0n) is 21.2. The van der Waals surface area contributed by atoms with Crippen LogP contribution in [0.25, 0.3) is 22.4 Å².